The second-order valence-corrected chi connectivity index (χ2v) is 8.39. The van der Waals surface area contributed by atoms with Crippen LogP contribution in [0, 0.1) is 24.0 Å². The van der Waals surface area contributed by atoms with Gasteiger partial charge in [-0.3, -0.25) is 10.1 Å². The Labute approximate surface area is 148 Å². The minimum absolute atomic E-state index is 0.0306. The molecule has 0 saturated heterocycles. The molecule has 1 N–H and O–H groups in total. The molecule has 1 aromatic heterocycles. The zero-order valence-corrected chi connectivity index (χ0v) is 15.1. The molecule has 0 saturated carbocycles. The number of nitro groups is 1. The van der Waals surface area contributed by atoms with E-state index in [4.69, 9.17) is 0 Å². The van der Waals surface area contributed by atoms with Crippen LogP contribution in [0.25, 0.3) is 10.2 Å². The standard InChI is InChI=1S/C16H15N3O4S2/c1-10-7-12(19(20)21)8-15(11(10)2)25(22,23)17-9-16-18-13-5-3-4-6-14(13)24-16/h3-8,17H,9H2,1-2H3. The van der Waals surface area contributed by atoms with Crippen molar-refractivity contribution in [2.24, 2.45) is 0 Å². The van der Waals surface area contributed by atoms with Crippen LogP contribution in [0.2, 0.25) is 0 Å². The fraction of sp³-hybridized carbons (Fsp3) is 0.188. The van der Waals surface area contributed by atoms with E-state index in [0.717, 1.165) is 16.3 Å². The van der Waals surface area contributed by atoms with Gasteiger partial charge in [-0.1, -0.05) is 12.1 Å². The molecule has 0 atom stereocenters. The highest BCUT2D eigenvalue weighted by atomic mass is 32.2. The molecular weight excluding hydrogens is 362 g/mol. The minimum Gasteiger partial charge on any atom is -0.258 e. The molecule has 0 amide bonds. The molecule has 0 fully saturated rings. The second-order valence-electron chi connectivity index (χ2n) is 5.54. The summed E-state index contributed by atoms with van der Waals surface area (Å²) < 4.78 is 28.7. The normalized spacial score (nSPS) is 11.8. The lowest BCUT2D eigenvalue weighted by molar-refractivity contribution is -0.385. The first-order valence-corrected chi connectivity index (χ1v) is 9.67. The van der Waals surface area contributed by atoms with Gasteiger partial charge in [0.1, 0.15) is 5.01 Å². The van der Waals surface area contributed by atoms with Crippen molar-refractivity contribution in [3.05, 3.63) is 62.6 Å². The summed E-state index contributed by atoms with van der Waals surface area (Å²) in [5, 5.41) is 11.6. The SMILES string of the molecule is Cc1cc([N+](=O)[O-])cc(S(=O)(=O)NCc2nc3ccccc3s2)c1C. The maximum absolute atomic E-state index is 12.6. The number of rotatable bonds is 5. The molecule has 3 aromatic rings. The van der Waals surface area contributed by atoms with E-state index in [1.807, 2.05) is 24.3 Å². The molecule has 0 radical (unpaired) electrons. The average Bonchev–Trinajstić information content (AvgIpc) is 2.98. The first-order chi connectivity index (χ1) is 11.8. The van der Waals surface area contributed by atoms with Gasteiger partial charge in [-0.15, -0.1) is 11.3 Å². The number of nitrogens with one attached hydrogen (secondary N) is 1. The van der Waals surface area contributed by atoms with Gasteiger partial charge >= 0.3 is 0 Å². The lowest BCUT2D eigenvalue weighted by Crippen LogP contribution is -2.24. The zero-order valence-electron chi connectivity index (χ0n) is 13.5. The van der Waals surface area contributed by atoms with E-state index in [0.29, 0.717) is 16.1 Å². The Bertz CT molecular complexity index is 1040. The molecule has 0 spiro atoms. The number of non-ortho nitro benzene ring substituents is 1. The topological polar surface area (TPSA) is 102 Å². The molecule has 2 aromatic carbocycles. The van der Waals surface area contributed by atoms with Gasteiger partial charge in [0.05, 0.1) is 26.6 Å². The summed E-state index contributed by atoms with van der Waals surface area (Å²) in [6, 6.07) is 9.98. The number of para-hydroxylation sites is 1. The summed E-state index contributed by atoms with van der Waals surface area (Å²) >= 11 is 1.40. The molecule has 25 heavy (non-hydrogen) atoms. The predicted octanol–water partition coefficient (Wildman–Crippen LogP) is 3.30. The Hall–Kier alpha value is -2.36. The van der Waals surface area contributed by atoms with E-state index in [-0.39, 0.29) is 17.1 Å². The van der Waals surface area contributed by atoms with Crippen LogP contribution in [-0.2, 0) is 16.6 Å². The van der Waals surface area contributed by atoms with E-state index >= 15 is 0 Å². The summed E-state index contributed by atoms with van der Waals surface area (Å²) in [4.78, 5) is 14.7. The van der Waals surface area contributed by atoms with E-state index in [9.17, 15) is 18.5 Å². The Morgan fingerprint density at radius 3 is 2.64 bits per heavy atom. The van der Waals surface area contributed by atoms with Crippen molar-refractivity contribution < 1.29 is 13.3 Å². The molecule has 3 rings (SSSR count). The fourth-order valence-corrected chi connectivity index (χ4v) is 4.74. The summed E-state index contributed by atoms with van der Waals surface area (Å²) in [6.07, 6.45) is 0. The third-order valence-electron chi connectivity index (χ3n) is 3.86. The molecule has 9 heteroatoms. The quantitative estimate of drug-likeness (QED) is 0.543. The highest BCUT2D eigenvalue weighted by molar-refractivity contribution is 7.89. The van der Waals surface area contributed by atoms with E-state index < -0.39 is 14.9 Å². The van der Waals surface area contributed by atoms with Crippen LogP contribution in [0.5, 0.6) is 0 Å². The lowest BCUT2D eigenvalue weighted by Gasteiger charge is -2.10. The zero-order chi connectivity index (χ0) is 18.2. The first-order valence-electron chi connectivity index (χ1n) is 7.37. The molecule has 0 aliphatic rings. The van der Waals surface area contributed by atoms with Crippen LogP contribution in [0.1, 0.15) is 16.1 Å². The molecule has 130 valence electrons. The number of thiazole rings is 1. The maximum atomic E-state index is 12.6. The van der Waals surface area contributed by atoms with Crippen molar-refractivity contribution in [3.8, 4) is 0 Å². The fourth-order valence-electron chi connectivity index (χ4n) is 2.42. The van der Waals surface area contributed by atoms with Crippen molar-refractivity contribution in [1.29, 1.82) is 0 Å². The Kier molecular flexibility index (Phi) is 4.55. The predicted molar refractivity (Wildman–Crippen MR) is 96.2 cm³/mol. The number of hydrogen-bond donors (Lipinski definition) is 1. The minimum atomic E-state index is -3.89. The number of fused-ring (bicyclic) bond motifs is 1. The number of aromatic nitrogens is 1. The van der Waals surface area contributed by atoms with Crippen molar-refractivity contribution in [2.75, 3.05) is 0 Å². The average molecular weight is 377 g/mol. The van der Waals surface area contributed by atoms with Gasteiger partial charge in [0.25, 0.3) is 5.69 Å². The first kappa shape index (κ1) is 17.5. The van der Waals surface area contributed by atoms with Gasteiger partial charge < -0.3 is 0 Å². The van der Waals surface area contributed by atoms with Crippen molar-refractivity contribution >= 4 is 37.3 Å². The Morgan fingerprint density at radius 2 is 1.96 bits per heavy atom. The van der Waals surface area contributed by atoms with Crippen molar-refractivity contribution in [3.63, 3.8) is 0 Å². The smallest absolute Gasteiger partial charge is 0.258 e. The highest BCUT2D eigenvalue weighted by Gasteiger charge is 2.22. The van der Waals surface area contributed by atoms with Gasteiger partial charge in [0, 0.05) is 12.1 Å². The van der Waals surface area contributed by atoms with E-state index in [2.05, 4.69) is 9.71 Å². The van der Waals surface area contributed by atoms with Crippen LogP contribution < -0.4 is 4.72 Å². The summed E-state index contributed by atoms with van der Waals surface area (Å²) in [6.45, 7) is 3.31. The molecule has 7 nitrogen and oxygen atoms in total. The largest absolute Gasteiger partial charge is 0.271 e. The van der Waals surface area contributed by atoms with Gasteiger partial charge in [0.15, 0.2) is 0 Å². The molecule has 0 aliphatic carbocycles. The van der Waals surface area contributed by atoms with Crippen molar-refractivity contribution in [2.45, 2.75) is 25.3 Å². The van der Waals surface area contributed by atoms with Gasteiger partial charge in [0.2, 0.25) is 10.0 Å². The number of sulfonamides is 1. The van der Waals surface area contributed by atoms with Crippen LogP contribution in [-0.4, -0.2) is 18.3 Å². The summed E-state index contributed by atoms with van der Waals surface area (Å²) in [7, 11) is -3.89. The number of nitrogens with zero attached hydrogens (tertiary/aromatic N) is 2. The van der Waals surface area contributed by atoms with Gasteiger partial charge in [-0.25, -0.2) is 18.1 Å². The van der Waals surface area contributed by atoms with Crippen molar-refractivity contribution in [1.82, 2.24) is 9.71 Å². The molecule has 0 bridgehead atoms. The third-order valence-corrected chi connectivity index (χ3v) is 6.42. The Morgan fingerprint density at radius 1 is 1.24 bits per heavy atom. The lowest BCUT2D eigenvalue weighted by atomic mass is 10.1. The highest BCUT2D eigenvalue weighted by Crippen LogP contribution is 2.26. The Balaban J connectivity index is 1.90. The van der Waals surface area contributed by atoms with E-state index in [1.165, 1.54) is 17.4 Å². The molecule has 0 unspecified atom stereocenters. The molecular formula is C16H15N3O4S2. The van der Waals surface area contributed by atoms with E-state index in [1.54, 1.807) is 13.8 Å². The van der Waals surface area contributed by atoms with Gasteiger partial charge in [-0.2, -0.15) is 0 Å². The van der Waals surface area contributed by atoms with Crippen LogP contribution in [0.15, 0.2) is 41.3 Å². The number of aryl methyl sites for hydroxylation is 1. The maximum Gasteiger partial charge on any atom is 0.271 e. The second kappa shape index (κ2) is 6.51. The summed E-state index contributed by atoms with van der Waals surface area (Å²) in [5.41, 5.74) is 1.60. The van der Waals surface area contributed by atoms with Gasteiger partial charge in [-0.05, 0) is 37.1 Å². The van der Waals surface area contributed by atoms with Crippen LogP contribution in [0.3, 0.4) is 0 Å². The monoisotopic (exact) mass is 377 g/mol. The van der Waals surface area contributed by atoms with Crippen LogP contribution in [0.4, 0.5) is 5.69 Å². The number of nitro benzene ring substituents is 1. The molecule has 0 aliphatic heterocycles. The number of benzene rings is 2. The third kappa shape index (κ3) is 3.53. The number of hydrogen-bond acceptors (Lipinski definition) is 6. The summed E-state index contributed by atoms with van der Waals surface area (Å²) in [5.74, 6) is 0. The van der Waals surface area contributed by atoms with Crippen LogP contribution >= 0.6 is 11.3 Å². The molecule has 1 heterocycles.